The third kappa shape index (κ3) is 3.19. The number of carbonyl (C=O) groups excluding carboxylic acids is 1. The van der Waals surface area contributed by atoms with Crippen LogP contribution in [-0.4, -0.2) is 28.9 Å². The minimum atomic E-state index is -0.148. The third-order valence-electron chi connectivity index (χ3n) is 6.56. The van der Waals surface area contributed by atoms with Crippen LogP contribution in [0, 0.1) is 0 Å². The van der Waals surface area contributed by atoms with E-state index in [4.69, 9.17) is 4.74 Å². The van der Waals surface area contributed by atoms with Crippen molar-refractivity contribution in [3.63, 3.8) is 0 Å². The lowest BCUT2D eigenvalue weighted by Crippen LogP contribution is -2.39. The van der Waals surface area contributed by atoms with Gasteiger partial charge in [-0.3, -0.25) is 4.79 Å². The Kier molecular flexibility index (Phi) is 4.57. The fourth-order valence-corrected chi connectivity index (χ4v) is 5.03. The van der Waals surface area contributed by atoms with Gasteiger partial charge in [0.15, 0.2) is 0 Å². The summed E-state index contributed by atoms with van der Waals surface area (Å²) in [4.78, 5) is 19.1. The lowest BCUT2D eigenvalue weighted by molar-refractivity contribution is -0.128. The van der Waals surface area contributed by atoms with Crippen molar-refractivity contribution in [1.29, 1.82) is 0 Å². The van der Waals surface area contributed by atoms with Gasteiger partial charge in [-0.15, -0.1) is 0 Å². The van der Waals surface area contributed by atoms with Gasteiger partial charge in [-0.1, -0.05) is 54.6 Å². The molecule has 2 aliphatic rings. The van der Waals surface area contributed by atoms with Crippen molar-refractivity contribution in [1.82, 2.24) is 9.88 Å². The van der Waals surface area contributed by atoms with Gasteiger partial charge in [-0.2, -0.15) is 0 Å². The second-order valence-electron chi connectivity index (χ2n) is 8.46. The molecule has 0 fully saturated rings. The van der Waals surface area contributed by atoms with Crippen LogP contribution in [0.2, 0.25) is 0 Å². The van der Waals surface area contributed by atoms with E-state index in [1.807, 2.05) is 41.3 Å². The van der Waals surface area contributed by atoms with Gasteiger partial charge in [0.2, 0.25) is 5.91 Å². The number of benzene rings is 3. The molecule has 1 atom stereocenters. The summed E-state index contributed by atoms with van der Waals surface area (Å²) in [5.74, 6) is 0.989. The smallest absolute Gasteiger partial charge is 0.247 e. The van der Waals surface area contributed by atoms with E-state index < -0.39 is 0 Å². The van der Waals surface area contributed by atoms with Crippen molar-refractivity contribution in [2.75, 3.05) is 13.2 Å². The van der Waals surface area contributed by atoms with Crippen LogP contribution in [0.4, 0.5) is 0 Å². The number of amides is 1. The van der Waals surface area contributed by atoms with Gasteiger partial charge >= 0.3 is 0 Å². The summed E-state index contributed by atoms with van der Waals surface area (Å²) < 4.78 is 5.72. The highest BCUT2D eigenvalue weighted by molar-refractivity contribution is 5.93. The van der Waals surface area contributed by atoms with Gasteiger partial charge in [-0.25, -0.2) is 0 Å². The zero-order chi connectivity index (χ0) is 21.5. The Bertz CT molecular complexity index is 1340. The largest absolute Gasteiger partial charge is 0.493 e. The van der Waals surface area contributed by atoms with Crippen LogP contribution in [0.15, 0.2) is 78.9 Å². The number of hydrogen-bond acceptors (Lipinski definition) is 2. The summed E-state index contributed by atoms with van der Waals surface area (Å²) in [7, 11) is 0. The molecule has 3 aromatic carbocycles. The maximum absolute atomic E-state index is 13.4. The van der Waals surface area contributed by atoms with Gasteiger partial charge in [0.25, 0.3) is 0 Å². The number of hydrogen-bond donors (Lipinski definition) is 1. The Labute approximate surface area is 187 Å². The van der Waals surface area contributed by atoms with E-state index in [-0.39, 0.29) is 11.9 Å². The van der Waals surface area contributed by atoms with Crippen LogP contribution in [0.25, 0.3) is 17.0 Å². The number of fused-ring (bicyclic) bond motifs is 4. The predicted molar refractivity (Wildman–Crippen MR) is 127 cm³/mol. The molecule has 1 aromatic heterocycles. The quantitative estimate of drug-likeness (QED) is 0.458. The molecule has 6 rings (SSSR count). The summed E-state index contributed by atoms with van der Waals surface area (Å²) in [6.45, 7) is 1.41. The minimum absolute atomic E-state index is 0.0277. The van der Waals surface area contributed by atoms with E-state index in [1.165, 1.54) is 16.5 Å². The normalized spacial score (nSPS) is 17.4. The Hall–Kier alpha value is -3.79. The lowest BCUT2D eigenvalue weighted by Gasteiger charge is -2.36. The number of aromatic nitrogens is 1. The summed E-state index contributed by atoms with van der Waals surface area (Å²) >= 11 is 0. The van der Waals surface area contributed by atoms with Gasteiger partial charge < -0.3 is 14.6 Å². The molecule has 0 radical (unpaired) electrons. The molecule has 158 valence electrons. The predicted octanol–water partition coefficient (Wildman–Crippen LogP) is 5.29. The molecule has 1 unspecified atom stereocenters. The molecule has 32 heavy (non-hydrogen) atoms. The average Bonchev–Trinajstić information content (AvgIpc) is 3.46. The Balaban J connectivity index is 1.44. The van der Waals surface area contributed by atoms with Crippen LogP contribution < -0.4 is 4.74 Å². The van der Waals surface area contributed by atoms with Gasteiger partial charge in [0.05, 0.1) is 12.6 Å². The van der Waals surface area contributed by atoms with E-state index >= 15 is 0 Å². The van der Waals surface area contributed by atoms with Crippen LogP contribution in [0.3, 0.4) is 0 Å². The van der Waals surface area contributed by atoms with Gasteiger partial charge in [0, 0.05) is 35.6 Å². The molecular weight excluding hydrogens is 396 g/mol. The number of nitrogens with zero attached hydrogens (tertiary/aromatic N) is 1. The van der Waals surface area contributed by atoms with Crippen molar-refractivity contribution in [2.24, 2.45) is 0 Å². The number of carbonyl (C=O) groups is 1. The van der Waals surface area contributed by atoms with Crippen LogP contribution in [-0.2, 0) is 17.6 Å². The first-order chi connectivity index (χ1) is 15.8. The van der Waals surface area contributed by atoms with Crippen molar-refractivity contribution >= 4 is 22.9 Å². The highest BCUT2D eigenvalue weighted by Gasteiger charge is 2.34. The molecule has 2 aliphatic heterocycles. The van der Waals surface area contributed by atoms with Crippen molar-refractivity contribution in [3.05, 3.63) is 107 Å². The standard InChI is InChI=1S/C28H24N2O2/c31-26(13-10-19-6-2-1-3-7-19)30-16-14-23-22-8-4-5-9-24(22)29-27(23)28(30)21-11-12-25-20(18-21)15-17-32-25/h1-13,18,28-29H,14-17H2/b13-10+. The Morgan fingerprint density at radius 2 is 1.84 bits per heavy atom. The van der Waals surface area contributed by atoms with E-state index in [0.717, 1.165) is 47.5 Å². The highest BCUT2D eigenvalue weighted by Crippen LogP contribution is 2.40. The molecule has 1 amide bonds. The molecule has 0 aliphatic carbocycles. The Morgan fingerprint density at radius 3 is 2.75 bits per heavy atom. The fourth-order valence-electron chi connectivity index (χ4n) is 5.03. The van der Waals surface area contributed by atoms with E-state index in [9.17, 15) is 4.79 Å². The molecule has 0 spiro atoms. The second-order valence-corrected chi connectivity index (χ2v) is 8.46. The van der Waals surface area contributed by atoms with E-state index in [0.29, 0.717) is 6.54 Å². The molecule has 0 bridgehead atoms. The summed E-state index contributed by atoms with van der Waals surface area (Å²) in [6, 6.07) is 24.6. The average molecular weight is 421 g/mol. The zero-order valence-corrected chi connectivity index (χ0v) is 17.8. The minimum Gasteiger partial charge on any atom is -0.493 e. The van der Waals surface area contributed by atoms with Crippen molar-refractivity contribution in [2.45, 2.75) is 18.9 Å². The van der Waals surface area contributed by atoms with Crippen molar-refractivity contribution < 1.29 is 9.53 Å². The molecule has 4 aromatic rings. The summed E-state index contributed by atoms with van der Waals surface area (Å²) in [5, 5.41) is 1.25. The maximum atomic E-state index is 13.4. The number of H-pyrrole nitrogens is 1. The van der Waals surface area contributed by atoms with Gasteiger partial charge in [0.1, 0.15) is 5.75 Å². The number of rotatable bonds is 3. The SMILES string of the molecule is O=C(/C=C/c1ccccc1)N1CCc2c([nH]c3ccccc23)C1c1ccc2c(c1)CCO2. The topological polar surface area (TPSA) is 45.3 Å². The molecule has 4 nitrogen and oxygen atoms in total. The first kappa shape index (κ1) is 18.9. The fraction of sp³-hybridized carbons (Fsp3) is 0.179. The number of ether oxygens (including phenoxy) is 1. The van der Waals surface area contributed by atoms with Crippen LogP contribution in [0.1, 0.15) is 34.0 Å². The molecular formula is C28H24N2O2. The highest BCUT2D eigenvalue weighted by atomic mass is 16.5. The van der Waals surface area contributed by atoms with Crippen LogP contribution in [0.5, 0.6) is 5.75 Å². The zero-order valence-electron chi connectivity index (χ0n) is 17.8. The Morgan fingerprint density at radius 1 is 1.00 bits per heavy atom. The number of aromatic amines is 1. The first-order valence-electron chi connectivity index (χ1n) is 11.2. The van der Waals surface area contributed by atoms with Gasteiger partial charge in [-0.05, 0) is 52.9 Å². The number of nitrogens with one attached hydrogen (secondary N) is 1. The molecule has 3 heterocycles. The third-order valence-corrected chi connectivity index (χ3v) is 6.56. The molecule has 4 heteroatoms. The van der Waals surface area contributed by atoms with E-state index in [2.05, 4.69) is 47.4 Å². The summed E-state index contributed by atoms with van der Waals surface area (Å²) in [6.07, 6.45) is 5.36. The van der Waals surface area contributed by atoms with Crippen molar-refractivity contribution in [3.8, 4) is 5.75 Å². The monoisotopic (exact) mass is 420 g/mol. The second kappa shape index (κ2) is 7.72. The first-order valence-corrected chi connectivity index (χ1v) is 11.2. The van der Waals surface area contributed by atoms with E-state index in [1.54, 1.807) is 6.08 Å². The summed E-state index contributed by atoms with van der Waals surface area (Å²) in [5.41, 5.74) is 6.94. The lowest BCUT2D eigenvalue weighted by atomic mass is 9.91. The molecule has 0 saturated carbocycles. The molecule has 1 N–H and O–H groups in total. The maximum Gasteiger partial charge on any atom is 0.247 e. The number of para-hydroxylation sites is 1. The van der Waals surface area contributed by atoms with Crippen LogP contribution >= 0.6 is 0 Å². The molecule has 0 saturated heterocycles.